The highest BCUT2D eigenvalue weighted by Gasteiger charge is 2.36. The second-order valence-electron chi connectivity index (χ2n) is 8.07. The molecule has 0 saturated carbocycles. The molecule has 1 atom stereocenters. The molecule has 1 aliphatic rings. The molecule has 0 radical (unpaired) electrons. The number of alkyl halides is 3. The van der Waals surface area contributed by atoms with Gasteiger partial charge in [-0.25, -0.2) is 4.79 Å². The Kier molecular flexibility index (Phi) is 6.03. The maximum absolute atomic E-state index is 13.3. The van der Waals surface area contributed by atoms with Crippen LogP contribution in [-0.4, -0.2) is 27.9 Å². The van der Waals surface area contributed by atoms with E-state index in [0.29, 0.717) is 6.07 Å². The summed E-state index contributed by atoms with van der Waals surface area (Å²) in [6.45, 7) is 1.22. The lowest BCUT2D eigenvalue weighted by Gasteiger charge is -2.17. The Bertz CT molecular complexity index is 1300. The first kappa shape index (κ1) is 23.3. The topological polar surface area (TPSA) is 114 Å². The van der Waals surface area contributed by atoms with Crippen molar-refractivity contribution in [2.24, 2.45) is 0 Å². The lowest BCUT2D eigenvalue weighted by molar-refractivity contribution is -0.385. The molecule has 0 aliphatic heterocycles. The monoisotopic (exact) mass is 475 g/mol. The van der Waals surface area contributed by atoms with Crippen LogP contribution in [0.15, 0.2) is 36.4 Å². The van der Waals surface area contributed by atoms with Crippen molar-refractivity contribution in [2.75, 3.05) is 5.32 Å². The van der Waals surface area contributed by atoms with Crippen LogP contribution in [0.4, 0.5) is 24.5 Å². The van der Waals surface area contributed by atoms with Crippen molar-refractivity contribution in [3.63, 3.8) is 0 Å². The lowest BCUT2D eigenvalue weighted by Crippen LogP contribution is -2.30. The van der Waals surface area contributed by atoms with E-state index in [2.05, 4.69) is 4.98 Å². The van der Waals surface area contributed by atoms with Gasteiger partial charge in [-0.3, -0.25) is 14.9 Å². The molecule has 1 heterocycles. The molecule has 0 saturated heterocycles. The number of nitrogens with zero attached hydrogens (tertiary/aromatic N) is 1. The van der Waals surface area contributed by atoms with Crippen molar-refractivity contribution in [1.82, 2.24) is 4.98 Å². The predicted molar refractivity (Wildman–Crippen MR) is 117 cm³/mol. The molecule has 1 aliphatic carbocycles. The summed E-state index contributed by atoms with van der Waals surface area (Å²) in [6, 6.07) is 6.95. The van der Waals surface area contributed by atoms with Gasteiger partial charge in [0.15, 0.2) is 6.10 Å². The van der Waals surface area contributed by atoms with Gasteiger partial charge >= 0.3 is 12.1 Å². The van der Waals surface area contributed by atoms with E-state index < -0.39 is 46.0 Å². The summed E-state index contributed by atoms with van der Waals surface area (Å²) in [5, 5.41) is 13.8. The van der Waals surface area contributed by atoms with Gasteiger partial charge in [0.2, 0.25) is 0 Å². The molecule has 2 N–H and O–H groups in total. The minimum Gasteiger partial charge on any atom is -0.449 e. The van der Waals surface area contributed by atoms with E-state index in [9.17, 15) is 32.9 Å². The van der Waals surface area contributed by atoms with E-state index in [0.717, 1.165) is 60.0 Å². The molecule has 0 bridgehead atoms. The van der Waals surface area contributed by atoms with Crippen molar-refractivity contribution in [1.29, 1.82) is 0 Å². The van der Waals surface area contributed by atoms with Crippen LogP contribution in [0.25, 0.3) is 10.9 Å². The van der Waals surface area contributed by atoms with Crippen LogP contribution in [0.2, 0.25) is 0 Å². The van der Waals surface area contributed by atoms with Crippen molar-refractivity contribution in [2.45, 2.75) is 44.9 Å². The Hall–Kier alpha value is -3.89. The fourth-order valence-corrected chi connectivity index (χ4v) is 4.04. The number of non-ortho nitro benzene ring substituents is 1. The van der Waals surface area contributed by atoms with Crippen molar-refractivity contribution in [3.8, 4) is 0 Å². The number of carbonyl (C=O) groups excluding carboxylic acids is 2. The standard InChI is InChI=1S/C23H20F3N3O5/c1-12(21(30)28-20-9-7-14(29(32)33)11-17(20)23(24,25)26)34-22(31)13-6-8-19-16(10-13)15-4-2-3-5-18(15)27-19/h6-12,27H,2-5H2,1H3,(H,28,30). The normalized spacial score (nSPS) is 14.4. The number of anilines is 1. The largest absolute Gasteiger partial charge is 0.449 e. The average Bonchev–Trinajstić information content (AvgIpc) is 3.16. The zero-order valence-electron chi connectivity index (χ0n) is 18.0. The maximum Gasteiger partial charge on any atom is 0.418 e. The minimum atomic E-state index is -4.94. The van der Waals surface area contributed by atoms with Crippen molar-refractivity contribution < 1.29 is 32.4 Å². The quantitative estimate of drug-likeness (QED) is 0.301. The van der Waals surface area contributed by atoms with Crippen molar-refractivity contribution >= 4 is 34.2 Å². The molecular formula is C23H20F3N3O5. The van der Waals surface area contributed by atoms with Crippen molar-refractivity contribution in [3.05, 3.63) is 68.9 Å². The fourth-order valence-electron chi connectivity index (χ4n) is 4.04. The second kappa shape index (κ2) is 8.81. The van der Waals surface area contributed by atoms with E-state index in [1.807, 2.05) is 5.32 Å². The molecule has 11 heteroatoms. The molecule has 1 aromatic heterocycles. The number of aromatic amines is 1. The summed E-state index contributed by atoms with van der Waals surface area (Å²) in [7, 11) is 0. The molecule has 1 amide bonds. The van der Waals surface area contributed by atoms with Gasteiger partial charge in [0.1, 0.15) is 0 Å². The average molecular weight is 475 g/mol. The first-order chi connectivity index (χ1) is 16.0. The zero-order chi connectivity index (χ0) is 24.6. The summed E-state index contributed by atoms with van der Waals surface area (Å²) in [5.74, 6) is -1.80. The summed E-state index contributed by atoms with van der Waals surface area (Å²) in [4.78, 5) is 38.3. The van der Waals surface area contributed by atoms with Gasteiger partial charge in [-0.2, -0.15) is 13.2 Å². The molecule has 0 spiro atoms. The molecular weight excluding hydrogens is 455 g/mol. The molecule has 8 nitrogen and oxygen atoms in total. The fraction of sp³-hybridized carbons (Fsp3) is 0.304. The molecule has 3 aromatic rings. The highest BCUT2D eigenvalue weighted by Crippen LogP contribution is 2.37. The van der Waals surface area contributed by atoms with Crippen LogP contribution in [0.5, 0.6) is 0 Å². The first-order valence-electron chi connectivity index (χ1n) is 10.6. The molecule has 0 fully saturated rings. The SMILES string of the molecule is CC(OC(=O)c1ccc2[nH]c3c(c2c1)CCCC3)C(=O)Nc1ccc([N+](=O)[O-])cc1C(F)(F)F. The Balaban J connectivity index is 1.50. The number of amides is 1. The van der Waals surface area contributed by atoms with Crippen LogP contribution >= 0.6 is 0 Å². The van der Waals surface area contributed by atoms with Crippen LogP contribution in [0.1, 0.15) is 46.9 Å². The number of nitro benzene ring substituents is 1. The molecule has 34 heavy (non-hydrogen) atoms. The Morgan fingerprint density at radius 2 is 1.88 bits per heavy atom. The number of halogens is 3. The third kappa shape index (κ3) is 4.59. The summed E-state index contributed by atoms with van der Waals surface area (Å²) >= 11 is 0. The van der Waals surface area contributed by atoms with Gasteiger partial charge < -0.3 is 15.0 Å². The molecule has 2 aromatic carbocycles. The van der Waals surface area contributed by atoms with Gasteiger partial charge in [-0.1, -0.05) is 0 Å². The first-order valence-corrected chi connectivity index (χ1v) is 10.6. The van der Waals surface area contributed by atoms with E-state index in [1.165, 1.54) is 6.92 Å². The summed E-state index contributed by atoms with van der Waals surface area (Å²) in [5.41, 5.74) is 0.579. The predicted octanol–water partition coefficient (Wildman–Crippen LogP) is 5.16. The molecule has 178 valence electrons. The number of hydrogen-bond donors (Lipinski definition) is 2. The van der Waals surface area contributed by atoms with Crippen LogP contribution in [0, 0.1) is 10.1 Å². The summed E-state index contributed by atoms with van der Waals surface area (Å²) in [6.07, 6.45) is -2.40. The number of carbonyl (C=O) groups is 2. The van der Waals surface area contributed by atoms with Crippen LogP contribution in [-0.2, 0) is 28.5 Å². The second-order valence-corrected chi connectivity index (χ2v) is 8.07. The third-order valence-electron chi connectivity index (χ3n) is 5.76. The molecule has 1 unspecified atom stereocenters. The Morgan fingerprint density at radius 1 is 1.15 bits per heavy atom. The van der Waals surface area contributed by atoms with E-state index in [4.69, 9.17) is 4.74 Å². The Labute approximate surface area is 191 Å². The Morgan fingerprint density at radius 3 is 2.59 bits per heavy atom. The number of H-pyrrole nitrogens is 1. The van der Waals surface area contributed by atoms with Gasteiger partial charge in [0, 0.05) is 28.7 Å². The number of hydrogen-bond acceptors (Lipinski definition) is 5. The van der Waals surface area contributed by atoms with Gasteiger partial charge in [0.25, 0.3) is 11.6 Å². The number of nitrogens with one attached hydrogen (secondary N) is 2. The number of aromatic nitrogens is 1. The number of rotatable bonds is 5. The van der Waals surface area contributed by atoms with Gasteiger partial charge in [0.05, 0.1) is 21.7 Å². The highest BCUT2D eigenvalue weighted by atomic mass is 19.4. The smallest absolute Gasteiger partial charge is 0.418 e. The molecule has 4 rings (SSSR count). The number of nitro groups is 1. The number of ether oxygens (including phenoxy) is 1. The maximum atomic E-state index is 13.3. The third-order valence-corrected chi connectivity index (χ3v) is 5.76. The lowest BCUT2D eigenvalue weighted by atomic mass is 9.95. The minimum absolute atomic E-state index is 0.214. The number of benzene rings is 2. The van der Waals surface area contributed by atoms with Gasteiger partial charge in [-0.15, -0.1) is 0 Å². The van der Waals surface area contributed by atoms with E-state index >= 15 is 0 Å². The van der Waals surface area contributed by atoms with E-state index in [1.54, 1.807) is 18.2 Å². The van der Waals surface area contributed by atoms with E-state index in [-0.39, 0.29) is 5.56 Å². The highest BCUT2D eigenvalue weighted by molar-refractivity contribution is 6.00. The number of esters is 1. The number of aryl methyl sites for hydroxylation is 2. The van der Waals surface area contributed by atoms with Crippen LogP contribution in [0.3, 0.4) is 0 Å². The zero-order valence-corrected chi connectivity index (χ0v) is 18.0. The number of fused-ring (bicyclic) bond motifs is 3. The summed E-state index contributed by atoms with van der Waals surface area (Å²) < 4.78 is 45.2. The van der Waals surface area contributed by atoms with Gasteiger partial charge in [-0.05, 0) is 62.4 Å². The van der Waals surface area contributed by atoms with Crippen LogP contribution < -0.4 is 5.32 Å².